The van der Waals surface area contributed by atoms with Crippen molar-refractivity contribution in [3.63, 3.8) is 0 Å². The molecule has 0 aliphatic carbocycles. The molecule has 0 spiro atoms. The molecular formula is C23H20N2O4. The Morgan fingerprint density at radius 2 is 1.72 bits per heavy atom. The summed E-state index contributed by atoms with van der Waals surface area (Å²) in [6, 6.07) is 23.2. The topological polar surface area (TPSA) is 73.6 Å². The fourth-order valence-electron chi connectivity index (χ4n) is 3.00. The van der Waals surface area contributed by atoms with Crippen LogP contribution in [0.15, 0.2) is 77.3 Å². The zero-order valence-electron chi connectivity index (χ0n) is 15.9. The van der Waals surface area contributed by atoms with E-state index in [2.05, 4.69) is 28.7 Å². The standard InChI is InChI=1S/C23H20N2O4/c1-27-20-8-4-5-9-21(20)28-15-23(26)24-14-19-13-22(29-25-19)18-11-10-16-6-2-3-7-17(16)12-18/h2-13H,14-15H2,1H3,(H,24,26). The van der Waals surface area contributed by atoms with Gasteiger partial charge in [0.1, 0.15) is 5.69 Å². The largest absolute Gasteiger partial charge is 0.493 e. The lowest BCUT2D eigenvalue weighted by molar-refractivity contribution is -0.123. The minimum atomic E-state index is -0.258. The summed E-state index contributed by atoms with van der Waals surface area (Å²) in [5.41, 5.74) is 1.58. The molecule has 0 fully saturated rings. The number of hydrogen-bond donors (Lipinski definition) is 1. The molecule has 0 bridgehead atoms. The van der Waals surface area contributed by atoms with Crippen molar-refractivity contribution in [3.05, 3.63) is 78.5 Å². The summed E-state index contributed by atoms with van der Waals surface area (Å²) in [7, 11) is 1.56. The number of carbonyl (C=O) groups is 1. The van der Waals surface area contributed by atoms with Gasteiger partial charge < -0.3 is 19.3 Å². The average Bonchev–Trinajstić information content (AvgIpc) is 3.25. The SMILES string of the molecule is COc1ccccc1OCC(=O)NCc1cc(-c2ccc3ccccc3c2)on1. The first kappa shape index (κ1) is 18.6. The zero-order valence-corrected chi connectivity index (χ0v) is 15.9. The van der Waals surface area contributed by atoms with E-state index in [4.69, 9.17) is 14.0 Å². The normalized spacial score (nSPS) is 10.7. The number of aromatic nitrogens is 1. The van der Waals surface area contributed by atoms with Crippen LogP contribution < -0.4 is 14.8 Å². The van der Waals surface area contributed by atoms with Crippen LogP contribution in [0.5, 0.6) is 11.5 Å². The highest BCUT2D eigenvalue weighted by Crippen LogP contribution is 2.26. The second-order valence-corrected chi connectivity index (χ2v) is 6.46. The van der Waals surface area contributed by atoms with E-state index in [-0.39, 0.29) is 19.1 Å². The lowest BCUT2D eigenvalue weighted by Crippen LogP contribution is -2.28. The van der Waals surface area contributed by atoms with Crippen molar-refractivity contribution < 1.29 is 18.8 Å². The lowest BCUT2D eigenvalue weighted by atomic mass is 10.1. The zero-order chi connectivity index (χ0) is 20.1. The van der Waals surface area contributed by atoms with Crippen molar-refractivity contribution >= 4 is 16.7 Å². The summed E-state index contributed by atoms with van der Waals surface area (Å²) in [4.78, 5) is 12.1. The Bertz CT molecular complexity index is 1140. The number of rotatable bonds is 7. The Kier molecular flexibility index (Phi) is 5.42. The number of nitrogens with zero attached hydrogens (tertiary/aromatic N) is 1. The van der Waals surface area contributed by atoms with E-state index < -0.39 is 0 Å². The van der Waals surface area contributed by atoms with Crippen LogP contribution in [0.2, 0.25) is 0 Å². The molecule has 6 nitrogen and oxygen atoms in total. The molecule has 4 aromatic rings. The molecule has 0 aliphatic rings. The number of para-hydroxylation sites is 2. The van der Waals surface area contributed by atoms with Gasteiger partial charge in [-0.1, -0.05) is 53.7 Å². The average molecular weight is 388 g/mol. The van der Waals surface area contributed by atoms with Crippen LogP contribution in [0.4, 0.5) is 0 Å². The third-order valence-corrected chi connectivity index (χ3v) is 4.49. The van der Waals surface area contributed by atoms with Gasteiger partial charge in [-0.05, 0) is 29.0 Å². The maximum absolute atomic E-state index is 12.1. The smallest absolute Gasteiger partial charge is 0.258 e. The predicted octanol–water partition coefficient (Wildman–Crippen LogP) is 4.20. The van der Waals surface area contributed by atoms with Gasteiger partial charge in [-0.15, -0.1) is 0 Å². The fourth-order valence-corrected chi connectivity index (χ4v) is 3.00. The van der Waals surface area contributed by atoms with Gasteiger partial charge in [0, 0.05) is 11.6 Å². The number of methoxy groups -OCH3 is 1. The second kappa shape index (κ2) is 8.48. The number of nitrogens with one attached hydrogen (secondary N) is 1. The van der Waals surface area contributed by atoms with Crippen molar-refractivity contribution in [2.45, 2.75) is 6.54 Å². The predicted molar refractivity (Wildman–Crippen MR) is 110 cm³/mol. The van der Waals surface area contributed by atoms with Crippen LogP contribution in [0.25, 0.3) is 22.1 Å². The molecular weight excluding hydrogens is 368 g/mol. The maximum atomic E-state index is 12.1. The molecule has 0 unspecified atom stereocenters. The van der Waals surface area contributed by atoms with Gasteiger partial charge in [-0.25, -0.2) is 0 Å². The molecule has 1 aromatic heterocycles. The number of hydrogen-bond acceptors (Lipinski definition) is 5. The van der Waals surface area contributed by atoms with E-state index in [1.54, 1.807) is 19.2 Å². The Labute approximate surface area is 168 Å². The van der Waals surface area contributed by atoms with Gasteiger partial charge in [0.25, 0.3) is 5.91 Å². The van der Waals surface area contributed by atoms with E-state index in [0.29, 0.717) is 23.0 Å². The van der Waals surface area contributed by atoms with Crippen molar-refractivity contribution in [3.8, 4) is 22.8 Å². The molecule has 1 N–H and O–H groups in total. The molecule has 146 valence electrons. The molecule has 0 radical (unpaired) electrons. The van der Waals surface area contributed by atoms with Gasteiger partial charge >= 0.3 is 0 Å². The van der Waals surface area contributed by atoms with Crippen molar-refractivity contribution in [1.29, 1.82) is 0 Å². The van der Waals surface area contributed by atoms with Crippen LogP contribution in [-0.2, 0) is 11.3 Å². The molecule has 29 heavy (non-hydrogen) atoms. The van der Waals surface area contributed by atoms with Crippen LogP contribution in [0.1, 0.15) is 5.69 Å². The molecule has 3 aromatic carbocycles. The number of benzene rings is 3. The summed E-state index contributed by atoms with van der Waals surface area (Å²) < 4.78 is 16.2. The second-order valence-electron chi connectivity index (χ2n) is 6.46. The van der Waals surface area contributed by atoms with Crippen LogP contribution in [0, 0.1) is 0 Å². The summed E-state index contributed by atoms with van der Waals surface area (Å²) in [6.07, 6.45) is 0. The molecule has 0 saturated carbocycles. The summed E-state index contributed by atoms with van der Waals surface area (Å²) in [5.74, 6) is 1.50. The Morgan fingerprint density at radius 1 is 0.966 bits per heavy atom. The van der Waals surface area contributed by atoms with Crippen LogP contribution in [-0.4, -0.2) is 24.8 Å². The van der Waals surface area contributed by atoms with E-state index >= 15 is 0 Å². The van der Waals surface area contributed by atoms with Crippen molar-refractivity contribution in [2.75, 3.05) is 13.7 Å². The number of ether oxygens (including phenoxy) is 2. The highest BCUT2D eigenvalue weighted by molar-refractivity contribution is 5.86. The number of amides is 1. The number of fused-ring (bicyclic) bond motifs is 1. The van der Waals surface area contributed by atoms with Gasteiger partial charge in [0.15, 0.2) is 23.9 Å². The summed E-state index contributed by atoms with van der Waals surface area (Å²) >= 11 is 0. The number of carbonyl (C=O) groups excluding carboxylic acids is 1. The first-order chi connectivity index (χ1) is 14.2. The van der Waals surface area contributed by atoms with E-state index in [1.807, 2.05) is 42.5 Å². The van der Waals surface area contributed by atoms with Gasteiger partial charge in [0.2, 0.25) is 0 Å². The first-order valence-corrected chi connectivity index (χ1v) is 9.20. The van der Waals surface area contributed by atoms with E-state index in [0.717, 1.165) is 10.9 Å². The lowest BCUT2D eigenvalue weighted by Gasteiger charge is -2.09. The Morgan fingerprint density at radius 3 is 2.55 bits per heavy atom. The van der Waals surface area contributed by atoms with Crippen LogP contribution >= 0.6 is 0 Å². The molecule has 6 heteroatoms. The van der Waals surface area contributed by atoms with Crippen molar-refractivity contribution in [2.24, 2.45) is 0 Å². The molecule has 0 saturated heterocycles. The molecule has 4 rings (SSSR count). The molecule has 0 aliphatic heterocycles. The molecule has 1 heterocycles. The van der Waals surface area contributed by atoms with E-state index in [9.17, 15) is 4.79 Å². The highest BCUT2D eigenvalue weighted by atomic mass is 16.5. The maximum Gasteiger partial charge on any atom is 0.258 e. The third kappa shape index (κ3) is 4.38. The summed E-state index contributed by atoms with van der Waals surface area (Å²) in [5, 5.41) is 9.11. The van der Waals surface area contributed by atoms with Gasteiger partial charge in [0.05, 0.1) is 13.7 Å². The van der Waals surface area contributed by atoms with Gasteiger partial charge in [-0.3, -0.25) is 4.79 Å². The minimum absolute atomic E-state index is 0.115. The fraction of sp³-hybridized carbons (Fsp3) is 0.130. The monoisotopic (exact) mass is 388 g/mol. The molecule has 0 atom stereocenters. The van der Waals surface area contributed by atoms with Gasteiger partial charge in [-0.2, -0.15) is 0 Å². The molecule has 1 amide bonds. The van der Waals surface area contributed by atoms with E-state index in [1.165, 1.54) is 5.39 Å². The Hall–Kier alpha value is -3.80. The van der Waals surface area contributed by atoms with Crippen molar-refractivity contribution in [1.82, 2.24) is 10.5 Å². The summed E-state index contributed by atoms with van der Waals surface area (Å²) in [6.45, 7) is 0.140. The Balaban J connectivity index is 1.34. The highest BCUT2D eigenvalue weighted by Gasteiger charge is 2.10. The quantitative estimate of drug-likeness (QED) is 0.514. The van der Waals surface area contributed by atoms with Crippen LogP contribution in [0.3, 0.4) is 0 Å². The third-order valence-electron chi connectivity index (χ3n) is 4.49. The minimum Gasteiger partial charge on any atom is -0.493 e. The first-order valence-electron chi connectivity index (χ1n) is 9.20.